The molecule has 1 amide bonds. The molecule has 3 N–H and O–H groups in total. The molecular weight excluding hydrogens is 268 g/mol. The van der Waals surface area contributed by atoms with Crippen molar-refractivity contribution < 1.29 is 27.5 Å². The average molecular weight is 280 g/mol. The summed E-state index contributed by atoms with van der Waals surface area (Å²) in [7, 11) is 0. The Labute approximate surface area is 106 Å². The van der Waals surface area contributed by atoms with Crippen molar-refractivity contribution in [1.29, 1.82) is 0 Å². The second-order valence-electron chi connectivity index (χ2n) is 3.79. The highest BCUT2D eigenvalue weighted by atomic mass is 19.4. The molecular formula is C11H12F4N2O2. The van der Waals surface area contributed by atoms with E-state index >= 15 is 0 Å². The molecule has 19 heavy (non-hydrogen) atoms. The maximum atomic E-state index is 13.4. The van der Waals surface area contributed by atoms with Crippen molar-refractivity contribution in [3.63, 3.8) is 0 Å². The predicted octanol–water partition coefficient (Wildman–Crippen LogP) is 1.49. The summed E-state index contributed by atoms with van der Waals surface area (Å²) < 4.78 is 50.3. The Morgan fingerprint density at radius 1 is 1.37 bits per heavy atom. The highest BCUT2D eigenvalue weighted by molar-refractivity contribution is 5.94. The van der Waals surface area contributed by atoms with E-state index in [9.17, 15) is 22.4 Å². The smallest absolute Gasteiger partial charge is 0.406 e. The molecule has 1 aromatic rings. The molecule has 0 saturated carbocycles. The topological polar surface area (TPSA) is 66.6 Å². The van der Waals surface area contributed by atoms with Gasteiger partial charge in [0, 0.05) is 19.2 Å². The number of phenols is 1. The van der Waals surface area contributed by atoms with E-state index in [4.69, 9.17) is 10.8 Å². The summed E-state index contributed by atoms with van der Waals surface area (Å²) in [5, 5.41) is 8.98. The normalized spacial score (nSPS) is 11.4. The van der Waals surface area contributed by atoms with E-state index in [1.807, 2.05) is 0 Å². The maximum Gasteiger partial charge on any atom is 0.406 e. The number of hydrogen-bond acceptors (Lipinski definition) is 3. The summed E-state index contributed by atoms with van der Waals surface area (Å²) in [6, 6.07) is 2.60. The van der Waals surface area contributed by atoms with Crippen LogP contribution in [0.4, 0.5) is 17.6 Å². The van der Waals surface area contributed by atoms with Gasteiger partial charge in [0.1, 0.15) is 18.1 Å². The van der Waals surface area contributed by atoms with Crippen LogP contribution in [0.3, 0.4) is 0 Å². The molecule has 0 aliphatic carbocycles. The Kier molecular flexibility index (Phi) is 4.71. The highest BCUT2D eigenvalue weighted by Gasteiger charge is 2.33. The quantitative estimate of drug-likeness (QED) is 0.821. The van der Waals surface area contributed by atoms with Gasteiger partial charge in [-0.1, -0.05) is 0 Å². The number of halogens is 4. The van der Waals surface area contributed by atoms with Gasteiger partial charge in [-0.25, -0.2) is 4.39 Å². The summed E-state index contributed by atoms with van der Waals surface area (Å²) in [6.45, 7) is -2.04. The second kappa shape index (κ2) is 5.87. The Hall–Kier alpha value is -1.83. The minimum atomic E-state index is -4.60. The van der Waals surface area contributed by atoms with E-state index in [1.54, 1.807) is 0 Å². The van der Waals surface area contributed by atoms with Crippen molar-refractivity contribution in [2.45, 2.75) is 6.18 Å². The lowest BCUT2D eigenvalue weighted by Gasteiger charge is -2.23. The van der Waals surface area contributed by atoms with Crippen LogP contribution < -0.4 is 5.73 Å². The number of carbonyl (C=O) groups is 1. The summed E-state index contributed by atoms with van der Waals surface area (Å²) in [4.78, 5) is 12.2. The first-order chi connectivity index (χ1) is 8.74. The van der Waals surface area contributed by atoms with Crippen LogP contribution in [-0.4, -0.2) is 41.7 Å². The minimum absolute atomic E-state index is 0.179. The van der Waals surface area contributed by atoms with Gasteiger partial charge in [0.25, 0.3) is 5.91 Å². The van der Waals surface area contributed by atoms with Crippen molar-refractivity contribution in [2.24, 2.45) is 5.73 Å². The van der Waals surface area contributed by atoms with E-state index in [-0.39, 0.29) is 13.1 Å². The molecule has 0 spiro atoms. The molecule has 1 aromatic carbocycles. The SMILES string of the molecule is NCCN(CC(F)(F)F)C(=O)c1ccc(O)cc1F. The van der Waals surface area contributed by atoms with Gasteiger partial charge in [-0.05, 0) is 12.1 Å². The van der Waals surface area contributed by atoms with E-state index in [2.05, 4.69) is 0 Å². The second-order valence-corrected chi connectivity index (χ2v) is 3.79. The maximum absolute atomic E-state index is 13.4. The number of hydrogen-bond donors (Lipinski definition) is 2. The van der Waals surface area contributed by atoms with Gasteiger partial charge in [0.2, 0.25) is 0 Å². The third-order valence-electron chi connectivity index (χ3n) is 2.24. The van der Waals surface area contributed by atoms with Crippen molar-refractivity contribution in [2.75, 3.05) is 19.6 Å². The number of nitrogens with two attached hydrogens (primary N) is 1. The highest BCUT2D eigenvalue weighted by Crippen LogP contribution is 2.20. The number of benzene rings is 1. The fourth-order valence-electron chi connectivity index (χ4n) is 1.47. The molecule has 0 unspecified atom stereocenters. The van der Waals surface area contributed by atoms with Crippen molar-refractivity contribution in [3.8, 4) is 5.75 Å². The van der Waals surface area contributed by atoms with E-state index in [0.29, 0.717) is 11.0 Å². The molecule has 4 nitrogen and oxygen atoms in total. The van der Waals surface area contributed by atoms with Gasteiger partial charge in [-0.15, -0.1) is 0 Å². The summed E-state index contributed by atoms with van der Waals surface area (Å²) in [6.07, 6.45) is -4.60. The number of alkyl halides is 3. The van der Waals surface area contributed by atoms with E-state index < -0.39 is 35.8 Å². The van der Waals surface area contributed by atoms with Crippen LogP contribution in [0.25, 0.3) is 0 Å². The fraction of sp³-hybridized carbons (Fsp3) is 0.364. The minimum Gasteiger partial charge on any atom is -0.508 e. The van der Waals surface area contributed by atoms with Gasteiger partial charge in [0.15, 0.2) is 0 Å². The number of carbonyl (C=O) groups excluding carboxylic acids is 1. The van der Waals surface area contributed by atoms with Crippen molar-refractivity contribution in [1.82, 2.24) is 4.90 Å². The molecule has 8 heteroatoms. The lowest BCUT2D eigenvalue weighted by Crippen LogP contribution is -2.42. The molecule has 0 aliphatic rings. The Morgan fingerprint density at radius 2 is 2.00 bits per heavy atom. The molecule has 0 radical (unpaired) electrons. The molecule has 0 fully saturated rings. The van der Waals surface area contributed by atoms with E-state index in [1.165, 1.54) is 0 Å². The molecule has 0 bridgehead atoms. The molecule has 0 atom stereocenters. The number of nitrogens with zero attached hydrogens (tertiary/aromatic N) is 1. The molecule has 106 valence electrons. The average Bonchev–Trinajstić information content (AvgIpc) is 2.26. The molecule has 0 aromatic heterocycles. The van der Waals surface area contributed by atoms with Gasteiger partial charge >= 0.3 is 6.18 Å². The van der Waals surface area contributed by atoms with Crippen LogP contribution in [0.15, 0.2) is 18.2 Å². The summed E-state index contributed by atoms with van der Waals surface area (Å²) in [5.41, 5.74) is 4.59. The van der Waals surface area contributed by atoms with Gasteiger partial charge in [-0.3, -0.25) is 4.79 Å². The zero-order valence-electron chi connectivity index (χ0n) is 9.75. The fourth-order valence-corrected chi connectivity index (χ4v) is 1.47. The third-order valence-corrected chi connectivity index (χ3v) is 2.24. The third kappa shape index (κ3) is 4.40. The van der Waals surface area contributed by atoms with Crippen molar-refractivity contribution >= 4 is 5.91 Å². The Morgan fingerprint density at radius 3 is 2.47 bits per heavy atom. The largest absolute Gasteiger partial charge is 0.508 e. The summed E-state index contributed by atoms with van der Waals surface area (Å²) >= 11 is 0. The zero-order valence-corrected chi connectivity index (χ0v) is 9.75. The first-order valence-electron chi connectivity index (χ1n) is 5.29. The molecule has 1 rings (SSSR count). The van der Waals surface area contributed by atoms with Crippen LogP contribution in [0.2, 0.25) is 0 Å². The Balaban J connectivity index is 2.99. The first-order valence-corrected chi connectivity index (χ1v) is 5.29. The number of aromatic hydroxyl groups is 1. The monoisotopic (exact) mass is 280 g/mol. The van der Waals surface area contributed by atoms with Gasteiger partial charge in [-0.2, -0.15) is 13.2 Å². The number of phenolic OH excluding ortho intramolecular Hbond substituents is 1. The van der Waals surface area contributed by atoms with Crippen LogP contribution in [0, 0.1) is 5.82 Å². The standard InChI is InChI=1S/C11H12F4N2O2/c12-9-5-7(18)1-2-8(9)10(19)17(4-3-16)6-11(13,14)15/h1-2,5,18H,3-4,6,16H2. The molecule has 0 saturated heterocycles. The van der Waals surface area contributed by atoms with Crippen molar-refractivity contribution in [3.05, 3.63) is 29.6 Å². The summed E-state index contributed by atoms with van der Waals surface area (Å²) in [5.74, 6) is -2.63. The molecule has 0 aliphatic heterocycles. The first kappa shape index (κ1) is 15.2. The van der Waals surface area contributed by atoms with Crippen LogP contribution >= 0.6 is 0 Å². The van der Waals surface area contributed by atoms with E-state index in [0.717, 1.165) is 12.1 Å². The lowest BCUT2D eigenvalue weighted by atomic mass is 10.1. The van der Waals surface area contributed by atoms with Crippen LogP contribution in [0.5, 0.6) is 5.75 Å². The number of amides is 1. The van der Waals surface area contributed by atoms with Gasteiger partial charge < -0.3 is 15.7 Å². The Bertz CT molecular complexity index is 462. The molecule has 0 heterocycles. The number of rotatable bonds is 4. The van der Waals surface area contributed by atoms with Crippen LogP contribution in [0.1, 0.15) is 10.4 Å². The zero-order chi connectivity index (χ0) is 14.6. The van der Waals surface area contributed by atoms with Gasteiger partial charge in [0.05, 0.1) is 5.56 Å². The lowest BCUT2D eigenvalue weighted by molar-refractivity contribution is -0.140. The van der Waals surface area contributed by atoms with Crippen LogP contribution in [-0.2, 0) is 0 Å². The predicted molar refractivity (Wildman–Crippen MR) is 59.1 cm³/mol.